The van der Waals surface area contributed by atoms with Gasteiger partial charge in [0.05, 0.1) is 5.69 Å². The normalized spacial score (nSPS) is 16.4. The van der Waals surface area contributed by atoms with E-state index in [1.807, 2.05) is 0 Å². The van der Waals surface area contributed by atoms with Gasteiger partial charge in [-0.3, -0.25) is 10.00 Å². The largest absolute Gasteiger partial charge is 0.507 e. The molecular formula is C19H25N3O3. The van der Waals surface area contributed by atoms with Crippen molar-refractivity contribution < 1.29 is 15.0 Å². The van der Waals surface area contributed by atoms with E-state index in [9.17, 15) is 9.90 Å². The number of rotatable bonds is 5. The topological polar surface area (TPSA) is 89.5 Å². The van der Waals surface area contributed by atoms with E-state index in [4.69, 9.17) is 5.11 Å². The fraction of sp³-hybridized carbons (Fsp3) is 0.474. The number of aromatic nitrogens is 2. The molecular weight excluding hydrogens is 318 g/mol. The number of phenols is 1. The number of carbonyl (C=O) groups is 1. The molecule has 1 fully saturated rings. The van der Waals surface area contributed by atoms with Crippen LogP contribution in [0.15, 0.2) is 24.3 Å². The van der Waals surface area contributed by atoms with Crippen molar-refractivity contribution >= 4 is 5.97 Å². The molecule has 2 heterocycles. The summed E-state index contributed by atoms with van der Waals surface area (Å²) in [4.78, 5) is 13.5. The third kappa shape index (κ3) is 4.02. The average Bonchev–Trinajstić information content (AvgIpc) is 3.07. The molecule has 6 nitrogen and oxygen atoms in total. The molecule has 6 heteroatoms. The summed E-state index contributed by atoms with van der Waals surface area (Å²) in [6.07, 6.45) is 2.12. The number of hydrogen-bond donors (Lipinski definition) is 3. The number of aromatic carboxylic acids is 1. The van der Waals surface area contributed by atoms with Gasteiger partial charge in [0.1, 0.15) is 11.3 Å². The van der Waals surface area contributed by atoms with Crippen molar-refractivity contribution in [3.05, 3.63) is 46.8 Å². The van der Waals surface area contributed by atoms with E-state index in [1.165, 1.54) is 11.8 Å². The number of nitrogens with zero attached hydrogens (tertiary/aromatic N) is 2. The number of aromatic hydroxyl groups is 1. The van der Waals surface area contributed by atoms with Crippen molar-refractivity contribution in [1.29, 1.82) is 0 Å². The van der Waals surface area contributed by atoms with Gasteiger partial charge >= 0.3 is 5.97 Å². The van der Waals surface area contributed by atoms with Crippen LogP contribution in [0.2, 0.25) is 0 Å². The van der Waals surface area contributed by atoms with Gasteiger partial charge in [0, 0.05) is 18.2 Å². The molecule has 0 aliphatic carbocycles. The minimum absolute atomic E-state index is 0.0361. The van der Waals surface area contributed by atoms with Crippen LogP contribution in [0.25, 0.3) is 0 Å². The summed E-state index contributed by atoms with van der Waals surface area (Å²) in [5.74, 6) is -0.345. The molecule has 3 N–H and O–H groups in total. The summed E-state index contributed by atoms with van der Waals surface area (Å²) in [6, 6.07) is 7.00. The van der Waals surface area contributed by atoms with Gasteiger partial charge in [-0.2, -0.15) is 5.10 Å². The monoisotopic (exact) mass is 343 g/mol. The predicted molar refractivity (Wildman–Crippen MR) is 95.0 cm³/mol. The van der Waals surface area contributed by atoms with Crippen molar-refractivity contribution in [1.82, 2.24) is 15.1 Å². The van der Waals surface area contributed by atoms with E-state index in [1.54, 1.807) is 12.1 Å². The Morgan fingerprint density at radius 3 is 2.64 bits per heavy atom. The van der Waals surface area contributed by atoms with Crippen LogP contribution < -0.4 is 0 Å². The highest BCUT2D eigenvalue weighted by Crippen LogP contribution is 2.29. The van der Waals surface area contributed by atoms with E-state index in [0.29, 0.717) is 18.4 Å². The Morgan fingerprint density at radius 1 is 1.32 bits per heavy atom. The summed E-state index contributed by atoms with van der Waals surface area (Å²) < 4.78 is 0. The number of carboxylic acids is 1. The zero-order valence-corrected chi connectivity index (χ0v) is 14.7. The standard InChI is InChI=1S/C19H25N3O3/c1-12(2)16-10-17(21-20-16)14-5-7-22(8-6-14)11-13-3-4-18(23)15(9-13)19(24)25/h3-4,9-10,12,14,23H,5-8,11H2,1-2H3,(H,20,21)(H,24,25). The quantitative estimate of drug-likeness (QED) is 0.775. The van der Waals surface area contributed by atoms with Gasteiger partial charge in [-0.1, -0.05) is 19.9 Å². The van der Waals surface area contributed by atoms with E-state index in [0.717, 1.165) is 37.2 Å². The second kappa shape index (κ2) is 7.27. The summed E-state index contributed by atoms with van der Waals surface area (Å²) >= 11 is 0. The summed E-state index contributed by atoms with van der Waals surface area (Å²) in [5.41, 5.74) is 3.22. The first-order valence-electron chi connectivity index (χ1n) is 8.76. The van der Waals surface area contributed by atoms with Gasteiger partial charge in [0.2, 0.25) is 0 Å². The molecule has 0 saturated carbocycles. The van der Waals surface area contributed by atoms with Crippen molar-refractivity contribution in [2.45, 2.75) is 45.1 Å². The first-order chi connectivity index (χ1) is 11.9. The van der Waals surface area contributed by atoms with Gasteiger partial charge in [0.15, 0.2) is 0 Å². The Morgan fingerprint density at radius 2 is 2.04 bits per heavy atom. The van der Waals surface area contributed by atoms with E-state index >= 15 is 0 Å². The number of piperidine rings is 1. The van der Waals surface area contributed by atoms with Crippen LogP contribution in [0.4, 0.5) is 0 Å². The SMILES string of the molecule is CC(C)c1cc(C2CCN(Cc3ccc(O)c(C(=O)O)c3)CC2)[nH]n1. The zero-order valence-electron chi connectivity index (χ0n) is 14.7. The lowest BCUT2D eigenvalue weighted by Gasteiger charge is -2.31. The maximum atomic E-state index is 11.1. The molecule has 1 saturated heterocycles. The van der Waals surface area contributed by atoms with Crippen molar-refractivity contribution in [3.63, 3.8) is 0 Å². The molecule has 0 radical (unpaired) electrons. The van der Waals surface area contributed by atoms with E-state index in [2.05, 4.69) is 35.0 Å². The highest BCUT2D eigenvalue weighted by molar-refractivity contribution is 5.90. The molecule has 0 spiro atoms. The van der Waals surface area contributed by atoms with Gasteiger partial charge in [0.25, 0.3) is 0 Å². The lowest BCUT2D eigenvalue weighted by atomic mass is 9.92. The molecule has 1 aliphatic rings. The molecule has 0 unspecified atom stereocenters. The first kappa shape index (κ1) is 17.5. The smallest absolute Gasteiger partial charge is 0.339 e. The number of likely N-dealkylation sites (tertiary alicyclic amines) is 1. The Kier molecular flexibility index (Phi) is 5.08. The highest BCUT2D eigenvalue weighted by Gasteiger charge is 2.23. The van der Waals surface area contributed by atoms with Crippen LogP contribution in [-0.4, -0.2) is 44.4 Å². The van der Waals surface area contributed by atoms with Crippen LogP contribution in [0, 0.1) is 0 Å². The van der Waals surface area contributed by atoms with Gasteiger partial charge < -0.3 is 10.2 Å². The zero-order chi connectivity index (χ0) is 18.0. The molecule has 0 bridgehead atoms. The molecule has 134 valence electrons. The number of hydrogen-bond acceptors (Lipinski definition) is 4. The molecule has 1 aromatic heterocycles. The van der Waals surface area contributed by atoms with Crippen molar-refractivity contribution in [3.8, 4) is 5.75 Å². The second-order valence-electron chi connectivity index (χ2n) is 7.11. The van der Waals surface area contributed by atoms with Crippen LogP contribution >= 0.6 is 0 Å². The fourth-order valence-corrected chi connectivity index (χ4v) is 3.37. The number of aromatic amines is 1. The Hall–Kier alpha value is -2.34. The lowest BCUT2D eigenvalue weighted by molar-refractivity contribution is 0.0693. The summed E-state index contributed by atoms with van der Waals surface area (Å²) in [7, 11) is 0. The van der Waals surface area contributed by atoms with Gasteiger partial charge in [-0.05, 0) is 55.6 Å². The Bertz CT molecular complexity index is 746. The molecule has 1 aromatic carbocycles. The van der Waals surface area contributed by atoms with Crippen molar-refractivity contribution in [2.24, 2.45) is 0 Å². The van der Waals surface area contributed by atoms with Crippen LogP contribution in [0.3, 0.4) is 0 Å². The molecule has 25 heavy (non-hydrogen) atoms. The summed E-state index contributed by atoms with van der Waals surface area (Å²) in [6.45, 7) is 6.92. The Balaban J connectivity index is 1.59. The fourth-order valence-electron chi connectivity index (χ4n) is 3.37. The molecule has 1 aliphatic heterocycles. The maximum Gasteiger partial charge on any atom is 0.339 e. The molecule has 3 rings (SSSR count). The van der Waals surface area contributed by atoms with Crippen LogP contribution in [-0.2, 0) is 6.54 Å². The minimum atomic E-state index is -1.10. The number of carboxylic acid groups (broad SMARTS) is 1. The predicted octanol–water partition coefficient (Wildman–Crippen LogP) is 3.32. The van der Waals surface area contributed by atoms with Gasteiger partial charge in [-0.15, -0.1) is 0 Å². The molecule has 2 aromatic rings. The summed E-state index contributed by atoms with van der Waals surface area (Å²) in [5, 5.41) is 26.3. The second-order valence-corrected chi connectivity index (χ2v) is 7.11. The third-order valence-electron chi connectivity index (χ3n) is 4.93. The lowest BCUT2D eigenvalue weighted by Crippen LogP contribution is -2.32. The van der Waals surface area contributed by atoms with Gasteiger partial charge in [-0.25, -0.2) is 4.79 Å². The van der Waals surface area contributed by atoms with E-state index < -0.39 is 5.97 Å². The third-order valence-corrected chi connectivity index (χ3v) is 4.93. The molecule has 0 amide bonds. The number of nitrogens with one attached hydrogen (secondary N) is 1. The first-order valence-corrected chi connectivity index (χ1v) is 8.76. The van der Waals surface area contributed by atoms with E-state index in [-0.39, 0.29) is 11.3 Å². The van der Waals surface area contributed by atoms with Crippen molar-refractivity contribution in [2.75, 3.05) is 13.1 Å². The highest BCUT2D eigenvalue weighted by atomic mass is 16.4. The Labute approximate surface area is 147 Å². The average molecular weight is 343 g/mol. The minimum Gasteiger partial charge on any atom is -0.507 e. The maximum absolute atomic E-state index is 11.1. The van der Waals surface area contributed by atoms with Crippen LogP contribution in [0.1, 0.15) is 65.8 Å². The molecule has 0 atom stereocenters. The van der Waals surface area contributed by atoms with Crippen LogP contribution in [0.5, 0.6) is 5.75 Å². The number of benzene rings is 1. The number of H-pyrrole nitrogens is 1.